The minimum absolute atomic E-state index is 0.365. The van der Waals surface area contributed by atoms with E-state index in [1.165, 1.54) is 12.3 Å². The van der Waals surface area contributed by atoms with E-state index in [9.17, 15) is 4.79 Å². The maximum absolute atomic E-state index is 10.8. The fraction of sp³-hybridized carbons (Fsp3) is 0.375. The van der Waals surface area contributed by atoms with Crippen molar-refractivity contribution in [2.24, 2.45) is 0 Å². The summed E-state index contributed by atoms with van der Waals surface area (Å²) in [5.41, 5.74) is 0.610. The van der Waals surface area contributed by atoms with Crippen LogP contribution in [0, 0.1) is 0 Å². The van der Waals surface area contributed by atoms with E-state index in [-0.39, 0.29) is 5.56 Å². The third kappa shape index (κ3) is 1.83. The zero-order chi connectivity index (χ0) is 8.27. The molecule has 60 valence electrons. The van der Waals surface area contributed by atoms with Crippen molar-refractivity contribution in [3.8, 4) is 0 Å². The number of hydrogen-bond acceptors (Lipinski definition) is 2. The highest BCUT2D eigenvalue weighted by Crippen LogP contribution is 1.97. The Morgan fingerprint density at radius 2 is 2.36 bits per heavy atom. The van der Waals surface area contributed by atoms with Gasteiger partial charge in [-0.3, -0.25) is 4.79 Å². The lowest BCUT2D eigenvalue weighted by molar-refractivity contribution is 0.174. The molecule has 3 heteroatoms. The highest BCUT2D eigenvalue weighted by molar-refractivity contribution is 5.10. The van der Waals surface area contributed by atoms with Crippen LogP contribution in [0.2, 0.25) is 0 Å². The molecule has 1 N–H and O–H groups in total. The smallest absolute Gasteiger partial charge is 0.283 e. The van der Waals surface area contributed by atoms with Crippen molar-refractivity contribution in [3.63, 3.8) is 0 Å². The van der Waals surface area contributed by atoms with Crippen molar-refractivity contribution in [1.82, 2.24) is 4.73 Å². The predicted octanol–water partition coefficient (Wildman–Crippen LogP) is 1.04. The van der Waals surface area contributed by atoms with E-state index in [4.69, 9.17) is 5.21 Å². The van der Waals surface area contributed by atoms with E-state index in [1.807, 2.05) is 6.92 Å². The molecule has 0 fully saturated rings. The number of nitrogens with zero attached hydrogens (tertiary/aromatic N) is 1. The minimum Gasteiger partial charge on any atom is -0.425 e. The van der Waals surface area contributed by atoms with Crippen LogP contribution in [0.3, 0.4) is 0 Å². The first-order valence-corrected chi connectivity index (χ1v) is 3.65. The highest BCUT2D eigenvalue weighted by atomic mass is 16.5. The van der Waals surface area contributed by atoms with Crippen molar-refractivity contribution < 1.29 is 5.21 Å². The molecule has 0 bridgehead atoms. The molecule has 1 aromatic heterocycles. The molecule has 0 atom stereocenters. The van der Waals surface area contributed by atoms with Crippen molar-refractivity contribution in [1.29, 1.82) is 0 Å². The zero-order valence-electron chi connectivity index (χ0n) is 6.45. The van der Waals surface area contributed by atoms with Gasteiger partial charge < -0.3 is 5.21 Å². The van der Waals surface area contributed by atoms with Gasteiger partial charge in [-0.05, 0) is 18.1 Å². The summed E-state index contributed by atoms with van der Waals surface area (Å²) in [6.45, 7) is 2.05. The van der Waals surface area contributed by atoms with E-state index in [0.29, 0.717) is 4.73 Å². The largest absolute Gasteiger partial charge is 0.425 e. The molecule has 0 aliphatic carbocycles. The molecular weight excluding hydrogens is 142 g/mol. The fourth-order valence-electron chi connectivity index (χ4n) is 0.957. The zero-order valence-corrected chi connectivity index (χ0v) is 6.45. The van der Waals surface area contributed by atoms with Crippen LogP contribution >= 0.6 is 0 Å². The first-order valence-electron chi connectivity index (χ1n) is 3.65. The monoisotopic (exact) mass is 153 g/mol. The molecular formula is C8H11NO2. The molecule has 1 heterocycles. The molecule has 0 aliphatic rings. The Hall–Kier alpha value is -1.25. The number of aromatic nitrogens is 1. The Balaban J connectivity index is 2.96. The molecule has 1 aromatic rings. The number of pyridine rings is 1. The van der Waals surface area contributed by atoms with Gasteiger partial charge in [-0.25, -0.2) is 0 Å². The Bertz CT molecular complexity index is 290. The summed E-state index contributed by atoms with van der Waals surface area (Å²) in [5, 5.41) is 8.82. The van der Waals surface area contributed by atoms with Crippen LogP contribution in [0.5, 0.6) is 0 Å². The van der Waals surface area contributed by atoms with Gasteiger partial charge in [0.25, 0.3) is 5.56 Å². The summed E-state index contributed by atoms with van der Waals surface area (Å²) in [4.78, 5) is 10.8. The molecule has 0 saturated carbocycles. The van der Waals surface area contributed by atoms with Crippen LogP contribution < -0.4 is 5.56 Å². The van der Waals surface area contributed by atoms with E-state index in [1.54, 1.807) is 6.07 Å². The van der Waals surface area contributed by atoms with Gasteiger partial charge in [0.2, 0.25) is 0 Å². The van der Waals surface area contributed by atoms with Crippen LogP contribution in [0.15, 0.2) is 23.1 Å². The molecule has 0 aromatic carbocycles. The Morgan fingerprint density at radius 3 is 2.91 bits per heavy atom. The average Bonchev–Trinajstić information content (AvgIpc) is 1.98. The first-order chi connectivity index (χ1) is 5.24. The lowest BCUT2D eigenvalue weighted by Crippen LogP contribution is -2.15. The lowest BCUT2D eigenvalue weighted by Gasteiger charge is -1.97. The van der Waals surface area contributed by atoms with Gasteiger partial charge >= 0.3 is 0 Å². The Morgan fingerprint density at radius 1 is 1.64 bits per heavy atom. The summed E-state index contributed by atoms with van der Waals surface area (Å²) in [6.07, 6.45) is 3.26. The molecule has 0 radical (unpaired) electrons. The molecule has 0 spiro atoms. The molecule has 1 rings (SSSR count). The van der Waals surface area contributed by atoms with Crippen LogP contribution in [-0.2, 0) is 6.42 Å². The fourth-order valence-corrected chi connectivity index (χ4v) is 0.957. The summed E-state index contributed by atoms with van der Waals surface area (Å²) in [6, 6.07) is 3.19. The third-order valence-corrected chi connectivity index (χ3v) is 1.50. The quantitative estimate of drug-likeness (QED) is 0.645. The van der Waals surface area contributed by atoms with Crippen molar-refractivity contribution in [2.75, 3.05) is 0 Å². The van der Waals surface area contributed by atoms with Gasteiger partial charge in [0.15, 0.2) is 0 Å². The second kappa shape index (κ2) is 3.23. The van der Waals surface area contributed by atoms with E-state index in [2.05, 4.69) is 0 Å². The number of aryl methyl sites for hydroxylation is 1. The van der Waals surface area contributed by atoms with Crippen LogP contribution in [0.1, 0.15) is 18.9 Å². The second-order valence-electron chi connectivity index (χ2n) is 2.47. The maximum Gasteiger partial charge on any atom is 0.283 e. The lowest BCUT2D eigenvalue weighted by atomic mass is 10.2. The highest BCUT2D eigenvalue weighted by Gasteiger charge is 1.94. The number of rotatable bonds is 2. The number of hydrogen-bond donors (Lipinski definition) is 1. The molecule has 0 unspecified atom stereocenters. The SMILES string of the molecule is CCCc1ccn(O)c(=O)c1. The Labute approximate surface area is 64.9 Å². The molecule has 3 nitrogen and oxygen atoms in total. The van der Waals surface area contributed by atoms with Crippen LogP contribution in [0.4, 0.5) is 0 Å². The topological polar surface area (TPSA) is 42.2 Å². The van der Waals surface area contributed by atoms with Gasteiger partial charge in [-0.15, -0.1) is 0 Å². The maximum atomic E-state index is 10.8. The third-order valence-electron chi connectivity index (χ3n) is 1.50. The predicted molar refractivity (Wildman–Crippen MR) is 41.9 cm³/mol. The standard InChI is InChI=1S/C8H11NO2/c1-2-3-7-4-5-9(11)8(10)6-7/h4-6,11H,2-3H2,1H3. The van der Waals surface area contributed by atoms with Gasteiger partial charge in [-0.1, -0.05) is 13.3 Å². The van der Waals surface area contributed by atoms with Crippen molar-refractivity contribution in [3.05, 3.63) is 34.2 Å². The van der Waals surface area contributed by atoms with Gasteiger partial charge in [-0.2, -0.15) is 4.73 Å². The van der Waals surface area contributed by atoms with Crippen molar-refractivity contribution in [2.45, 2.75) is 19.8 Å². The minimum atomic E-state index is -0.365. The summed E-state index contributed by atoms with van der Waals surface area (Å²) < 4.78 is 0.582. The van der Waals surface area contributed by atoms with E-state index in [0.717, 1.165) is 18.4 Å². The molecule has 0 saturated heterocycles. The van der Waals surface area contributed by atoms with Crippen LogP contribution in [-0.4, -0.2) is 9.94 Å². The normalized spacial score (nSPS) is 9.91. The summed E-state index contributed by atoms with van der Waals surface area (Å²) >= 11 is 0. The summed E-state index contributed by atoms with van der Waals surface area (Å²) in [5.74, 6) is 0. The van der Waals surface area contributed by atoms with Gasteiger partial charge in [0.05, 0.1) is 0 Å². The average molecular weight is 153 g/mol. The molecule has 0 aliphatic heterocycles. The van der Waals surface area contributed by atoms with E-state index >= 15 is 0 Å². The van der Waals surface area contributed by atoms with Crippen molar-refractivity contribution >= 4 is 0 Å². The Kier molecular flexibility index (Phi) is 2.31. The van der Waals surface area contributed by atoms with Crippen LogP contribution in [0.25, 0.3) is 0 Å². The first kappa shape index (κ1) is 7.85. The summed E-state index contributed by atoms with van der Waals surface area (Å²) in [7, 11) is 0. The van der Waals surface area contributed by atoms with Gasteiger partial charge in [0.1, 0.15) is 0 Å². The molecule has 0 amide bonds. The molecule has 11 heavy (non-hydrogen) atoms. The van der Waals surface area contributed by atoms with E-state index < -0.39 is 0 Å². The second-order valence-corrected chi connectivity index (χ2v) is 2.47. The van der Waals surface area contributed by atoms with Gasteiger partial charge in [0, 0.05) is 12.3 Å².